The summed E-state index contributed by atoms with van der Waals surface area (Å²) in [5.41, 5.74) is 4.25. The number of sulfonamides is 1. The first-order valence-corrected chi connectivity index (χ1v) is 19.9. The van der Waals surface area contributed by atoms with E-state index in [0.29, 0.717) is 0 Å². The number of benzene rings is 4. The van der Waals surface area contributed by atoms with E-state index < -0.39 is 48.6 Å². The number of hydrogen-bond acceptors (Lipinski definition) is 9. The Morgan fingerprint density at radius 3 is 1.20 bits per heavy atom. The van der Waals surface area contributed by atoms with Gasteiger partial charge in [-0.15, -0.1) is 23.2 Å². The van der Waals surface area contributed by atoms with E-state index in [0.717, 1.165) is 18.2 Å². The van der Waals surface area contributed by atoms with Crippen LogP contribution in [0.15, 0.2) is 121 Å². The molecule has 0 aliphatic carbocycles. The fraction of sp³-hybridized carbons (Fsp3) is 0.257. The molecule has 0 atom stereocenters. The number of ether oxygens (including phenoxy) is 2. The first kappa shape index (κ1) is 44.5. The quantitative estimate of drug-likeness (QED) is 0.105. The lowest BCUT2D eigenvalue weighted by molar-refractivity contribution is -0.138. The van der Waals surface area contributed by atoms with Crippen molar-refractivity contribution in [3.05, 3.63) is 144 Å². The lowest BCUT2D eigenvalue weighted by atomic mass is 9.99. The molecule has 0 heterocycles. The zero-order valence-electron chi connectivity index (χ0n) is 28.0. The first-order chi connectivity index (χ1) is 23.7. The third-order valence-corrected chi connectivity index (χ3v) is 9.23. The number of alkyl halides is 2. The Bertz CT molecular complexity index is 1680. The summed E-state index contributed by atoms with van der Waals surface area (Å²) in [6, 6.07) is 39.3. The van der Waals surface area contributed by atoms with Crippen LogP contribution in [0.25, 0.3) is 0 Å². The highest BCUT2D eigenvalue weighted by molar-refractivity contribution is 8.14. The summed E-state index contributed by atoms with van der Waals surface area (Å²) in [7, 11) is 2.86. The van der Waals surface area contributed by atoms with Gasteiger partial charge in [0, 0.05) is 17.7 Å². The summed E-state index contributed by atoms with van der Waals surface area (Å²) in [5, 5.41) is 3.53. The monoisotopic (exact) mass is 786 g/mol. The molecule has 272 valence electrons. The predicted octanol–water partition coefficient (Wildman–Crippen LogP) is 6.36. The molecular formula is C35H41Cl3N2O8S2. The molecule has 4 aromatic rings. The summed E-state index contributed by atoms with van der Waals surface area (Å²) in [6.07, 6.45) is 0. The average molecular weight is 788 g/mol. The molecule has 0 fully saturated rings. The summed E-state index contributed by atoms with van der Waals surface area (Å²) < 4.78 is 54.9. The van der Waals surface area contributed by atoms with Crippen molar-refractivity contribution in [2.24, 2.45) is 0 Å². The van der Waals surface area contributed by atoms with Gasteiger partial charge in [-0.2, -0.15) is 4.31 Å². The lowest BCUT2D eigenvalue weighted by Crippen LogP contribution is -2.36. The van der Waals surface area contributed by atoms with Gasteiger partial charge in [0.1, 0.15) is 0 Å². The molecule has 0 aliphatic rings. The van der Waals surface area contributed by atoms with E-state index in [-0.39, 0.29) is 11.4 Å². The molecular weight excluding hydrogens is 747 g/mol. The summed E-state index contributed by atoms with van der Waals surface area (Å²) in [5.74, 6) is -3.09. The molecule has 4 rings (SSSR count). The van der Waals surface area contributed by atoms with Gasteiger partial charge >= 0.3 is 11.9 Å². The molecule has 10 nitrogen and oxygen atoms in total. The lowest BCUT2D eigenvalue weighted by Gasteiger charge is -2.28. The number of methoxy groups -OCH3 is 2. The number of carbonyl (C=O) groups is 2. The van der Waals surface area contributed by atoms with E-state index in [1.807, 2.05) is 79.8 Å². The van der Waals surface area contributed by atoms with E-state index in [1.165, 1.54) is 29.6 Å². The van der Waals surface area contributed by atoms with Gasteiger partial charge in [0.05, 0.1) is 31.6 Å². The normalized spacial score (nSPS) is 10.8. The second-order valence-corrected chi connectivity index (χ2v) is 15.6. The molecule has 0 aromatic heterocycles. The summed E-state index contributed by atoms with van der Waals surface area (Å²) in [4.78, 5) is 21.5. The van der Waals surface area contributed by atoms with Crippen LogP contribution >= 0.6 is 33.9 Å². The molecule has 0 unspecified atom stereocenters. The third kappa shape index (κ3) is 16.9. The Balaban J connectivity index is 0.000000396. The third-order valence-electron chi connectivity index (χ3n) is 6.63. The zero-order valence-corrected chi connectivity index (χ0v) is 31.9. The summed E-state index contributed by atoms with van der Waals surface area (Å²) >= 11 is 9.53. The van der Waals surface area contributed by atoms with Crippen LogP contribution in [0.4, 0.5) is 0 Å². The molecule has 4 aromatic carbocycles. The number of nitrogens with zero attached hydrogens (tertiary/aromatic N) is 1. The Hall–Kier alpha value is -3.49. The highest BCUT2D eigenvalue weighted by Crippen LogP contribution is 2.29. The maximum atomic E-state index is 12.5. The van der Waals surface area contributed by atoms with E-state index in [4.69, 9.17) is 23.2 Å². The van der Waals surface area contributed by atoms with E-state index in [2.05, 4.69) is 74.0 Å². The maximum absolute atomic E-state index is 12.5. The Morgan fingerprint density at radius 2 is 0.940 bits per heavy atom. The van der Waals surface area contributed by atoms with Gasteiger partial charge < -0.3 is 14.8 Å². The minimum atomic E-state index is -3.81. The van der Waals surface area contributed by atoms with Crippen molar-refractivity contribution < 1.29 is 35.9 Å². The van der Waals surface area contributed by atoms with Gasteiger partial charge in [-0.3, -0.25) is 9.59 Å². The molecule has 0 aliphatic heterocycles. The number of rotatable bonds is 11. The Labute approximate surface area is 309 Å². The fourth-order valence-corrected chi connectivity index (χ4v) is 6.22. The van der Waals surface area contributed by atoms with Crippen LogP contribution < -0.4 is 5.32 Å². The standard InChI is InChI=1S/C17H19NO4S.C14H15N.C3H5ClO4S.CH2Cl2/c1-18(23(20,21)13-16(19)22-2)17(14-9-5-3-6-10-14)15-11-7-4-8-12-15;1-15-14(12-8-4-2-5-9-12)13-10-6-3-7-11-13;1-8-3(5)2-9(4,6)7;2-1-3/h3-12,17H,13H2,1-2H3;2-11,14-15H,1H3;2H2,1H3;1H2. The van der Waals surface area contributed by atoms with Crippen LogP contribution in [0.2, 0.25) is 0 Å². The number of esters is 2. The van der Waals surface area contributed by atoms with Crippen LogP contribution in [0.3, 0.4) is 0 Å². The SMILES string of the molecule is CNC(c1ccccc1)c1ccccc1.COC(=O)CS(=O)(=O)Cl.COC(=O)CS(=O)(=O)N(C)C(c1ccccc1)c1ccccc1.ClCCl. The topological polar surface area (TPSA) is 136 Å². The van der Waals surface area contributed by atoms with Crippen LogP contribution in [-0.2, 0) is 38.1 Å². The minimum Gasteiger partial charge on any atom is -0.468 e. The minimum absolute atomic E-state index is 0.194. The highest BCUT2D eigenvalue weighted by atomic mass is 35.7. The molecule has 0 saturated heterocycles. The number of hydrogen-bond donors (Lipinski definition) is 1. The fourth-order valence-electron chi connectivity index (χ4n) is 4.37. The van der Waals surface area contributed by atoms with Crippen LogP contribution in [0.5, 0.6) is 0 Å². The Morgan fingerprint density at radius 1 is 0.640 bits per heavy atom. The molecule has 0 radical (unpaired) electrons. The van der Waals surface area contributed by atoms with Crippen molar-refractivity contribution in [1.82, 2.24) is 9.62 Å². The van der Waals surface area contributed by atoms with Crippen molar-refractivity contribution in [3.8, 4) is 0 Å². The van der Waals surface area contributed by atoms with Crippen LogP contribution in [0.1, 0.15) is 34.3 Å². The molecule has 50 heavy (non-hydrogen) atoms. The Kier molecular flexibility index (Phi) is 21.2. The molecule has 0 spiro atoms. The molecule has 1 N–H and O–H groups in total. The largest absolute Gasteiger partial charge is 0.468 e. The van der Waals surface area contributed by atoms with E-state index in [9.17, 15) is 26.4 Å². The molecule has 15 heteroatoms. The van der Waals surface area contributed by atoms with Crippen LogP contribution in [0, 0.1) is 0 Å². The summed E-state index contributed by atoms with van der Waals surface area (Å²) in [6.45, 7) is 0. The van der Waals surface area contributed by atoms with Crippen molar-refractivity contribution in [2.45, 2.75) is 12.1 Å². The van der Waals surface area contributed by atoms with Crippen molar-refractivity contribution in [3.63, 3.8) is 0 Å². The maximum Gasteiger partial charge on any atom is 0.322 e. The van der Waals surface area contributed by atoms with Crippen molar-refractivity contribution >= 4 is 64.9 Å². The van der Waals surface area contributed by atoms with Crippen molar-refractivity contribution in [1.29, 1.82) is 0 Å². The van der Waals surface area contributed by atoms with Gasteiger partial charge in [0.2, 0.25) is 19.1 Å². The van der Waals surface area contributed by atoms with Gasteiger partial charge in [-0.05, 0) is 29.3 Å². The van der Waals surface area contributed by atoms with Gasteiger partial charge in [-0.1, -0.05) is 121 Å². The van der Waals surface area contributed by atoms with Gasteiger partial charge in [0.25, 0.3) is 0 Å². The zero-order chi connectivity index (χ0) is 37.6. The van der Waals surface area contributed by atoms with Crippen molar-refractivity contribution in [2.75, 3.05) is 45.2 Å². The number of halogens is 3. The first-order valence-electron chi connectivity index (χ1n) is 14.7. The molecule has 0 amide bonds. The number of carbonyl (C=O) groups excluding carboxylic acids is 2. The van der Waals surface area contributed by atoms with Crippen LogP contribution in [-0.4, -0.2) is 78.2 Å². The smallest absolute Gasteiger partial charge is 0.322 e. The van der Waals surface area contributed by atoms with Gasteiger partial charge in [-0.25, -0.2) is 16.8 Å². The van der Waals surface area contributed by atoms with E-state index in [1.54, 1.807) is 0 Å². The molecule has 0 saturated carbocycles. The van der Waals surface area contributed by atoms with E-state index >= 15 is 0 Å². The van der Waals surface area contributed by atoms with Gasteiger partial charge in [0.15, 0.2) is 11.5 Å². The average Bonchev–Trinajstić information content (AvgIpc) is 3.10. The predicted molar refractivity (Wildman–Crippen MR) is 200 cm³/mol. The second kappa shape index (κ2) is 23.8. The number of nitrogens with one attached hydrogen (secondary N) is 1. The highest BCUT2D eigenvalue weighted by Gasteiger charge is 2.31. The molecule has 0 bridgehead atoms. The second-order valence-electron chi connectivity index (χ2n) is 9.98.